The Morgan fingerprint density at radius 1 is 1.30 bits per heavy atom. The maximum absolute atomic E-state index is 13.3. The van der Waals surface area contributed by atoms with Crippen molar-refractivity contribution in [3.63, 3.8) is 0 Å². The molecule has 2 aliphatic rings. The predicted octanol–water partition coefficient (Wildman–Crippen LogP) is 3.43. The Morgan fingerprint density at radius 2 is 2.00 bits per heavy atom. The van der Waals surface area contributed by atoms with E-state index in [1.807, 2.05) is 0 Å². The van der Waals surface area contributed by atoms with Crippen molar-refractivity contribution in [2.45, 2.75) is 30.9 Å². The average Bonchev–Trinajstić information content (AvgIpc) is 2.82. The summed E-state index contributed by atoms with van der Waals surface area (Å²) >= 11 is 0. The van der Waals surface area contributed by atoms with E-state index in [1.54, 1.807) is 18.2 Å². The van der Waals surface area contributed by atoms with Crippen LogP contribution < -0.4 is 0 Å². The molecule has 0 bridgehead atoms. The Hall–Kier alpha value is -2.11. The van der Waals surface area contributed by atoms with Crippen molar-refractivity contribution in [2.24, 2.45) is 5.92 Å². The third-order valence-electron chi connectivity index (χ3n) is 4.72. The molecule has 0 amide bonds. The zero-order valence-corrected chi connectivity index (χ0v) is 12.4. The molecule has 0 saturated heterocycles. The minimum atomic E-state index is -4.47. The first-order valence-electron chi connectivity index (χ1n) is 7.29. The molecule has 0 aliphatic heterocycles. The Balaban J connectivity index is 2.02. The molecule has 0 heterocycles. The first kappa shape index (κ1) is 15.8. The molecular weight excluding hydrogens is 309 g/mol. The van der Waals surface area contributed by atoms with Crippen molar-refractivity contribution in [3.05, 3.63) is 41.5 Å². The molecule has 0 aromatic heterocycles. The molecule has 3 rings (SSSR count). The van der Waals surface area contributed by atoms with Crippen LogP contribution in [0.25, 0.3) is 5.57 Å². The summed E-state index contributed by atoms with van der Waals surface area (Å²) in [5, 5.41) is 0. The number of carbonyl (C=O) groups excluding carboxylic acids is 2. The topological polar surface area (TPSA) is 43.4 Å². The smallest absolute Gasteiger partial charge is 0.416 e. The molecular formula is C17H15F3O3. The molecule has 6 heteroatoms. The molecule has 23 heavy (non-hydrogen) atoms. The lowest BCUT2D eigenvalue weighted by atomic mass is 9.67. The zero-order chi connectivity index (χ0) is 16.8. The number of hydrogen-bond donors (Lipinski definition) is 0. The lowest BCUT2D eigenvalue weighted by molar-refractivity contribution is -0.151. The minimum Gasteiger partial charge on any atom is -0.468 e. The summed E-state index contributed by atoms with van der Waals surface area (Å²) in [5.41, 5.74) is -1.02. The molecule has 3 nitrogen and oxygen atoms in total. The number of benzene rings is 1. The van der Waals surface area contributed by atoms with Gasteiger partial charge >= 0.3 is 12.1 Å². The van der Waals surface area contributed by atoms with Crippen molar-refractivity contribution in [1.29, 1.82) is 0 Å². The maximum Gasteiger partial charge on any atom is 0.416 e. The third-order valence-corrected chi connectivity index (χ3v) is 4.72. The van der Waals surface area contributed by atoms with Crippen molar-refractivity contribution in [3.8, 4) is 0 Å². The number of ketones is 1. The molecule has 0 N–H and O–H groups in total. The van der Waals surface area contributed by atoms with Gasteiger partial charge in [-0.2, -0.15) is 13.2 Å². The van der Waals surface area contributed by atoms with Gasteiger partial charge in [0.1, 0.15) is 11.7 Å². The average molecular weight is 324 g/mol. The fourth-order valence-electron chi connectivity index (χ4n) is 3.65. The summed E-state index contributed by atoms with van der Waals surface area (Å²) in [4.78, 5) is 23.9. The van der Waals surface area contributed by atoms with E-state index in [1.165, 1.54) is 19.3 Å². The van der Waals surface area contributed by atoms with E-state index < -0.39 is 29.1 Å². The molecule has 122 valence electrons. The van der Waals surface area contributed by atoms with Crippen LogP contribution in [0.2, 0.25) is 0 Å². The van der Waals surface area contributed by atoms with Gasteiger partial charge in [0, 0.05) is 11.8 Å². The van der Waals surface area contributed by atoms with Gasteiger partial charge in [0.2, 0.25) is 0 Å². The summed E-state index contributed by atoms with van der Waals surface area (Å²) in [6.07, 6.45) is -2.90. The van der Waals surface area contributed by atoms with Gasteiger partial charge in [-0.3, -0.25) is 9.59 Å². The van der Waals surface area contributed by atoms with Gasteiger partial charge in [-0.05, 0) is 24.0 Å². The Morgan fingerprint density at radius 3 is 2.61 bits per heavy atom. The number of Topliss-reactive ketones (excluding diaryl/α,β-unsaturated/α-hetero) is 1. The van der Waals surface area contributed by atoms with E-state index in [0.29, 0.717) is 12.0 Å². The van der Waals surface area contributed by atoms with Gasteiger partial charge in [-0.1, -0.05) is 30.3 Å². The van der Waals surface area contributed by atoms with Crippen molar-refractivity contribution in [2.75, 3.05) is 7.11 Å². The molecule has 1 saturated carbocycles. The van der Waals surface area contributed by atoms with Gasteiger partial charge in [0.15, 0.2) is 0 Å². The van der Waals surface area contributed by atoms with Crippen LogP contribution in [-0.2, 0) is 19.7 Å². The number of esters is 1. The third kappa shape index (κ3) is 2.46. The van der Waals surface area contributed by atoms with Gasteiger partial charge < -0.3 is 4.74 Å². The summed E-state index contributed by atoms with van der Waals surface area (Å²) in [6.45, 7) is 0. The van der Waals surface area contributed by atoms with Crippen LogP contribution in [0.3, 0.4) is 0 Å². The van der Waals surface area contributed by atoms with E-state index in [0.717, 1.165) is 0 Å². The lowest BCUT2D eigenvalue weighted by Crippen LogP contribution is -2.39. The number of rotatable bonds is 1. The molecule has 2 atom stereocenters. The van der Waals surface area contributed by atoms with Crippen molar-refractivity contribution < 1.29 is 27.5 Å². The Kier molecular flexibility index (Phi) is 3.58. The highest BCUT2D eigenvalue weighted by Gasteiger charge is 2.50. The van der Waals surface area contributed by atoms with Crippen LogP contribution in [0.5, 0.6) is 0 Å². The standard InChI is InChI=1S/C17H15F3O3/c1-23-15(22)11-6-7-16(9-14(11)21)8-13(17(18,19)20)10-4-2-3-5-12(10)16/h2-5,8,11H,6-7,9H2,1H3/t11?,16-/m0/s1. The molecule has 1 spiro atoms. The van der Waals surface area contributed by atoms with Crippen molar-refractivity contribution >= 4 is 17.3 Å². The first-order valence-corrected chi connectivity index (χ1v) is 7.29. The summed E-state index contributed by atoms with van der Waals surface area (Å²) in [7, 11) is 1.20. The second-order valence-corrected chi connectivity index (χ2v) is 6.02. The number of ether oxygens (including phenoxy) is 1. The van der Waals surface area contributed by atoms with E-state index >= 15 is 0 Å². The molecule has 1 aromatic rings. The monoisotopic (exact) mass is 324 g/mol. The highest BCUT2D eigenvalue weighted by atomic mass is 19.4. The predicted molar refractivity (Wildman–Crippen MR) is 76.5 cm³/mol. The van der Waals surface area contributed by atoms with Gasteiger partial charge in [0.05, 0.1) is 12.7 Å². The molecule has 2 aliphatic carbocycles. The van der Waals surface area contributed by atoms with Crippen LogP contribution in [0.15, 0.2) is 30.3 Å². The largest absolute Gasteiger partial charge is 0.468 e. The second kappa shape index (κ2) is 5.22. The van der Waals surface area contributed by atoms with E-state index in [9.17, 15) is 22.8 Å². The normalized spacial score (nSPS) is 26.9. The number of halogens is 3. The molecule has 1 aromatic carbocycles. The highest BCUT2D eigenvalue weighted by Crippen LogP contribution is 2.53. The van der Waals surface area contributed by atoms with Crippen LogP contribution in [0.1, 0.15) is 30.4 Å². The number of fused-ring (bicyclic) bond motifs is 2. The van der Waals surface area contributed by atoms with Crippen LogP contribution in [0.4, 0.5) is 13.2 Å². The SMILES string of the molecule is COC(=O)C1CC[C@]2(C=C(C(F)(F)F)c3ccccc32)CC1=O. The van der Waals surface area contributed by atoms with Gasteiger partial charge in [0.25, 0.3) is 0 Å². The highest BCUT2D eigenvalue weighted by molar-refractivity contribution is 6.01. The molecule has 0 radical (unpaired) electrons. The Labute approximate surface area is 131 Å². The van der Waals surface area contributed by atoms with E-state index in [-0.39, 0.29) is 24.2 Å². The summed E-state index contributed by atoms with van der Waals surface area (Å²) < 4.78 is 44.5. The fraction of sp³-hybridized carbons (Fsp3) is 0.412. The fourth-order valence-corrected chi connectivity index (χ4v) is 3.65. The van der Waals surface area contributed by atoms with Crippen LogP contribution in [-0.4, -0.2) is 25.0 Å². The summed E-state index contributed by atoms with van der Waals surface area (Å²) in [6, 6.07) is 6.29. The number of hydrogen-bond acceptors (Lipinski definition) is 3. The molecule has 1 unspecified atom stereocenters. The quantitative estimate of drug-likeness (QED) is 0.587. The number of alkyl halides is 3. The summed E-state index contributed by atoms with van der Waals surface area (Å²) in [5.74, 6) is -1.85. The first-order chi connectivity index (χ1) is 10.8. The molecule has 1 fully saturated rings. The van der Waals surface area contributed by atoms with Crippen LogP contribution in [0, 0.1) is 5.92 Å². The van der Waals surface area contributed by atoms with Gasteiger partial charge in [-0.15, -0.1) is 0 Å². The van der Waals surface area contributed by atoms with E-state index in [4.69, 9.17) is 0 Å². The minimum absolute atomic E-state index is 0.108. The lowest BCUT2D eigenvalue weighted by Gasteiger charge is -2.35. The van der Waals surface area contributed by atoms with E-state index in [2.05, 4.69) is 4.74 Å². The van der Waals surface area contributed by atoms with Gasteiger partial charge in [-0.25, -0.2) is 0 Å². The van der Waals surface area contributed by atoms with Crippen LogP contribution >= 0.6 is 0 Å². The number of allylic oxidation sites excluding steroid dienone is 2. The zero-order valence-electron chi connectivity index (χ0n) is 12.4. The number of methoxy groups -OCH3 is 1. The Bertz CT molecular complexity index is 705. The van der Waals surface area contributed by atoms with Crippen molar-refractivity contribution in [1.82, 2.24) is 0 Å². The maximum atomic E-state index is 13.3. The second-order valence-electron chi connectivity index (χ2n) is 6.02. The number of carbonyl (C=O) groups is 2.